The lowest BCUT2D eigenvalue weighted by Crippen LogP contribution is -2.29. The van der Waals surface area contributed by atoms with E-state index in [1.165, 1.54) is 30.4 Å². The molecule has 1 saturated carbocycles. The van der Waals surface area contributed by atoms with Gasteiger partial charge in [-0.1, -0.05) is 31.5 Å². The molecule has 2 N–H and O–H groups in total. The average molecular weight is 261 g/mol. The topological polar surface area (TPSA) is 35.2 Å². The van der Waals surface area contributed by atoms with Gasteiger partial charge in [0.15, 0.2) is 0 Å². The Morgan fingerprint density at radius 1 is 1.16 bits per heavy atom. The van der Waals surface area contributed by atoms with Gasteiger partial charge in [0.25, 0.3) is 0 Å². The monoisotopic (exact) mass is 261 g/mol. The molecule has 0 amide bonds. The van der Waals surface area contributed by atoms with Crippen LogP contribution in [0.1, 0.15) is 50.3 Å². The van der Waals surface area contributed by atoms with Crippen LogP contribution in [-0.4, -0.2) is 7.11 Å². The lowest BCUT2D eigenvalue weighted by atomic mass is 9.72. The van der Waals surface area contributed by atoms with Crippen molar-refractivity contribution in [2.75, 3.05) is 7.11 Å². The standard InChI is InChI=1S/C17H27NO/c1-11-5-6-16(19-4)15(10-11)17(18)14-8-12(2)7-13(3)9-14/h5-6,10,12-14,17H,7-9,18H2,1-4H3. The third-order valence-corrected chi connectivity index (χ3v) is 4.47. The second-order valence-electron chi connectivity index (χ2n) is 6.45. The van der Waals surface area contributed by atoms with Crippen LogP contribution in [0.2, 0.25) is 0 Å². The lowest BCUT2D eigenvalue weighted by Gasteiger charge is -2.35. The molecule has 0 aliphatic heterocycles. The molecule has 3 atom stereocenters. The van der Waals surface area contributed by atoms with Crippen LogP contribution in [0.3, 0.4) is 0 Å². The van der Waals surface area contributed by atoms with Gasteiger partial charge in [-0.15, -0.1) is 0 Å². The quantitative estimate of drug-likeness (QED) is 0.890. The summed E-state index contributed by atoms with van der Waals surface area (Å²) in [6, 6.07) is 6.41. The molecule has 0 bridgehead atoms. The summed E-state index contributed by atoms with van der Waals surface area (Å²) in [7, 11) is 1.73. The van der Waals surface area contributed by atoms with Crippen LogP contribution in [0.25, 0.3) is 0 Å². The van der Waals surface area contributed by atoms with Gasteiger partial charge >= 0.3 is 0 Å². The van der Waals surface area contributed by atoms with Gasteiger partial charge in [-0.25, -0.2) is 0 Å². The van der Waals surface area contributed by atoms with E-state index in [1.54, 1.807) is 7.11 Å². The molecule has 1 aromatic carbocycles. The Labute approximate surface area is 117 Å². The maximum absolute atomic E-state index is 6.56. The number of rotatable bonds is 3. The fourth-order valence-corrected chi connectivity index (χ4v) is 3.67. The molecule has 0 spiro atoms. The molecule has 0 aromatic heterocycles. The Morgan fingerprint density at radius 2 is 1.79 bits per heavy atom. The Morgan fingerprint density at radius 3 is 2.37 bits per heavy atom. The number of aryl methyl sites for hydroxylation is 1. The van der Waals surface area contributed by atoms with E-state index in [-0.39, 0.29) is 6.04 Å². The zero-order chi connectivity index (χ0) is 14.0. The first-order valence-corrected chi connectivity index (χ1v) is 7.41. The van der Waals surface area contributed by atoms with Crippen LogP contribution in [-0.2, 0) is 0 Å². The molecule has 2 nitrogen and oxygen atoms in total. The minimum atomic E-state index is 0.0973. The van der Waals surface area contributed by atoms with Gasteiger partial charge in [0, 0.05) is 11.6 Å². The Hall–Kier alpha value is -1.02. The van der Waals surface area contributed by atoms with Gasteiger partial charge in [-0.2, -0.15) is 0 Å². The fraction of sp³-hybridized carbons (Fsp3) is 0.647. The second-order valence-corrected chi connectivity index (χ2v) is 6.45. The van der Waals surface area contributed by atoms with Crippen LogP contribution in [0.4, 0.5) is 0 Å². The highest BCUT2D eigenvalue weighted by Gasteiger charge is 2.30. The molecule has 3 unspecified atom stereocenters. The van der Waals surface area contributed by atoms with Crippen molar-refractivity contribution in [2.45, 2.75) is 46.1 Å². The summed E-state index contributed by atoms with van der Waals surface area (Å²) >= 11 is 0. The first-order chi connectivity index (χ1) is 9.01. The normalized spacial score (nSPS) is 29.0. The summed E-state index contributed by atoms with van der Waals surface area (Å²) in [5, 5.41) is 0. The molecule has 2 heteroatoms. The fourth-order valence-electron chi connectivity index (χ4n) is 3.67. The number of methoxy groups -OCH3 is 1. The molecular weight excluding hydrogens is 234 g/mol. The maximum atomic E-state index is 6.56. The maximum Gasteiger partial charge on any atom is 0.123 e. The molecule has 1 aliphatic rings. The Kier molecular flexibility index (Phi) is 4.51. The van der Waals surface area contributed by atoms with Crippen molar-refractivity contribution in [3.63, 3.8) is 0 Å². The summed E-state index contributed by atoms with van der Waals surface area (Å²) in [5.41, 5.74) is 8.99. The van der Waals surface area contributed by atoms with Crippen LogP contribution < -0.4 is 10.5 Å². The number of benzene rings is 1. The van der Waals surface area contributed by atoms with E-state index in [0.29, 0.717) is 5.92 Å². The molecular formula is C17H27NO. The third kappa shape index (κ3) is 3.30. The van der Waals surface area contributed by atoms with Crippen molar-refractivity contribution in [3.8, 4) is 5.75 Å². The highest BCUT2D eigenvalue weighted by Crippen LogP contribution is 2.40. The SMILES string of the molecule is COc1ccc(C)cc1C(N)C1CC(C)CC(C)C1. The van der Waals surface area contributed by atoms with Gasteiger partial charge in [-0.3, -0.25) is 0 Å². The smallest absolute Gasteiger partial charge is 0.123 e. The Balaban J connectivity index is 2.23. The summed E-state index contributed by atoms with van der Waals surface area (Å²) in [5.74, 6) is 3.09. The van der Waals surface area contributed by atoms with Crippen molar-refractivity contribution >= 4 is 0 Å². The van der Waals surface area contributed by atoms with Crippen molar-refractivity contribution in [2.24, 2.45) is 23.5 Å². The predicted molar refractivity (Wildman–Crippen MR) is 80.3 cm³/mol. The number of hydrogen-bond acceptors (Lipinski definition) is 2. The van der Waals surface area contributed by atoms with Gasteiger partial charge in [0.1, 0.15) is 5.75 Å². The van der Waals surface area contributed by atoms with Crippen LogP contribution in [0.5, 0.6) is 5.75 Å². The first kappa shape index (κ1) is 14.4. The molecule has 2 rings (SSSR count). The molecule has 0 heterocycles. The van der Waals surface area contributed by atoms with Gasteiger partial charge in [0.2, 0.25) is 0 Å². The summed E-state index contributed by atoms with van der Waals surface area (Å²) < 4.78 is 5.49. The highest BCUT2D eigenvalue weighted by molar-refractivity contribution is 5.39. The first-order valence-electron chi connectivity index (χ1n) is 7.41. The summed E-state index contributed by atoms with van der Waals surface area (Å²) in [4.78, 5) is 0. The molecule has 0 radical (unpaired) electrons. The Bertz CT molecular complexity index is 419. The third-order valence-electron chi connectivity index (χ3n) is 4.47. The number of hydrogen-bond donors (Lipinski definition) is 1. The molecule has 106 valence electrons. The molecule has 1 aromatic rings. The van der Waals surface area contributed by atoms with Gasteiger partial charge in [-0.05, 0) is 50.0 Å². The van der Waals surface area contributed by atoms with E-state index in [1.807, 2.05) is 6.07 Å². The molecule has 0 saturated heterocycles. The van der Waals surface area contributed by atoms with Crippen molar-refractivity contribution < 1.29 is 4.74 Å². The van der Waals surface area contributed by atoms with E-state index >= 15 is 0 Å². The zero-order valence-electron chi connectivity index (χ0n) is 12.6. The minimum Gasteiger partial charge on any atom is -0.496 e. The second kappa shape index (κ2) is 5.96. The highest BCUT2D eigenvalue weighted by atomic mass is 16.5. The number of nitrogens with two attached hydrogens (primary N) is 1. The summed E-state index contributed by atoms with van der Waals surface area (Å²) in [6.45, 7) is 6.81. The van der Waals surface area contributed by atoms with Crippen LogP contribution >= 0.6 is 0 Å². The summed E-state index contributed by atoms with van der Waals surface area (Å²) in [6.07, 6.45) is 3.82. The van der Waals surface area contributed by atoms with E-state index in [0.717, 1.165) is 17.6 Å². The van der Waals surface area contributed by atoms with Gasteiger partial charge in [0.05, 0.1) is 7.11 Å². The molecule has 19 heavy (non-hydrogen) atoms. The van der Waals surface area contributed by atoms with E-state index in [2.05, 4.69) is 32.9 Å². The van der Waals surface area contributed by atoms with Crippen molar-refractivity contribution in [3.05, 3.63) is 29.3 Å². The van der Waals surface area contributed by atoms with Crippen molar-refractivity contribution in [1.82, 2.24) is 0 Å². The van der Waals surface area contributed by atoms with Crippen molar-refractivity contribution in [1.29, 1.82) is 0 Å². The van der Waals surface area contributed by atoms with Gasteiger partial charge < -0.3 is 10.5 Å². The lowest BCUT2D eigenvalue weighted by molar-refractivity contribution is 0.192. The average Bonchev–Trinajstić information content (AvgIpc) is 2.36. The van der Waals surface area contributed by atoms with Crippen LogP contribution in [0, 0.1) is 24.7 Å². The predicted octanol–water partition coefficient (Wildman–Crippen LogP) is 4.08. The zero-order valence-corrected chi connectivity index (χ0v) is 12.6. The number of ether oxygens (including phenoxy) is 1. The molecule has 1 aliphatic carbocycles. The largest absolute Gasteiger partial charge is 0.496 e. The van der Waals surface area contributed by atoms with E-state index in [4.69, 9.17) is 10.5 Å². The van der Waals surface area contributed by atoms with E-state index < -0.39 is 0 Å². The van der Waals surface area contributed by atoms with E-state index in [9.17, 15) is 0 Å². The molecule has 1 fully saturated rings. The van der Waals surface area contributed by atoms with Crippen LogP contribution in [0.15, 0.2) is 18.2 Å². The minimum absolute atomic E-state index is 0.0973.